The number of aliphatic hydroxyl groups excluding tert-OH is 2. The Balaban J connectivity index is 2.08. The highest BCUT2D eigenvalue weighted by Crippen LogP contribution is 2.60. The molecule has 17 heteroatoms. The van der Waals surface area contributed by atoms with Gasteiger partial charge in [-0.15, -0.1) is 0 Å². The summed E-state index contributed by atoms with van der Waals surface area (Å²) in [6.07, 6.45) is -5.11. The third-order valence-corrected chi connectivity index (χ3v) is 5.89. The topological polar surface area (TPSA) is 207 Å². The van der Waals surface area contributed by atoms with Gasteiger partial charge in [-0.05, 0) is 0 Å². The second kappa shape index (κ2) is 7.86. The standard InChI is InChI=1S/C9H15BN2O12P2/c10-23-26(19,20)24-25(17,18)21-3-4-6(14)7(15)8(22-4)12-2-1-5(13)11-9(12)16/h1-2,4,6-8,14-15H,3,10H2,(H,17,18)(H,19,20)(H,11,13,16)/t4-,6-,7-,8-/m1/s1. The monoisotopic (exact) mass is 416 g/mol. The molecule has 1 fully saturated rings. The molecule has 14 nitrogen and oxygen atoms in total. The van der Waals surface area contributed by atoms with Crippen LogP contribution in [-0.4, -0.2) is 62.5 Å². The molecule has 1 aromatic rings. The highest BCUT2D eigenvalue weighted by molar-refractivity contribution is 7.61. The first-order chi connectivity index (χ1) is 12.0. The van der Waals surface area contributed by atoms with Crippen molar-refractivity contribution in [2.75, 3.05) is 6.61 Å². The van der Waals surface area contributed by atoms with Gasteiger partial charge in [-0.25, -0.2) is 13.9 Å². The van der Waals surface area contributed by atoms with Crippen LogP contribution < -0.4 is 11.2 Å². The van der Waals surface area contributed by atoms with E-state index in [4.69, 9.17) is 9.63 Å². The number of aliphatic hydroxyl groups is 2. The van der Waals surface area contributed by atoms with Crippen molar-refractivity contribution in [2.45, 2.75) is 24.5 Å². The first kappa shape index (κ1) is 21.2. The molecule has 146 valence electrons. The smallest absolute Gasteiger partial charge is 0.387 e. The lowest BCUT2D eigenvalue weighted by Gasteiger charge is -2.18. The average Bonchev–Trinajstić information content (AvgIpc) is 2.80. The highest BCUT2D eigenvalue weighted by atomic mass is 31.3. The number of nitrogens with zero attached hydrogens (tertiary/aromatic N) is 1. The normalized spacial score (nSPS) is 30.6. The summed E-state index contributed by atoms with van der Waals surface area (Å²) >= 11 is 0. The maximum absolute atomic E-state index is 11.7. The van der Waals surface area contributed by atoms with Crippen molar-refractivity contribution in [1.82, 2.24) is 9.55 Å². The average molecular weight is 416 g/mol. The van der Waals surface area contributed by atoms with Crippen LogP contribution in [0.3, 0.4) is 0 Å². The van der Waals surface area contributed by atoms with E-state index in [1.54, 1.807) is 0 Å². The molecule has 1 saturated heterocycles. The minimum atomic E-state index is -5.06. The first-order valence-electron chi connectivity index (χ1n) is 6.86. The number of hydrogen-bond acceptors (Lipinski definition) is 10. The molecule has 2 heterocycles. The van der Waals surface area contributed by atoms with Gasteiger partial charge in [0.2, 0.25) is 0 Å². The second-order valence-electron chi connectivity index (χ2n) is 5.06. The van der Waals surface area contributed by atoms with E-state index in [1.165, 1.54) is 0 Å². The van der Waals surface area contributed by atoms with Crippen molar-refractivity contribution in [2.24, 2.45) is 0 Å². The molecule has 0 aromatic carbocycles. The van der Waals surface area contributed by atoms with Crippen LogP contribution in [-0.2, 0) is 27.1 Å². The molecule has 1 aromatic heterocycles. The fourth-order valence-electron chi connectivity index (χ4n) is 2.08. The van der Waals surface area contributed by atoms with Crippen molar-refractivity contribution in [3.63, 3.8) is 0 Å². The number of H-pyrrole nitrogens is 1. The van der Waals surface area contributed by atoms with Crippen molar-refractivity contribution in [3.8, 4) is 0 Å². The van der Waals surface area contributed by atoms with Crippen molar-refractivity contribution >= 4 is 23.7 Å². The Morgan fingerprint density at radius 1 is 1.23 bits per heavy atom. The van der Waals surface area contributed by atoms with Crippen LogP contribution in [0.25, 0.3) is 0 Å². The Morgan fingerprint density at radius 3 is 2.46 bits per heavy atom. The van der Waals surface area contributed by atoms with E-state index in [1.807, 2.05) is 4.98 Å². The third kappa shape index (κ3) is 4.99. The van der Waals surface area contributed by atoms with Crippen LogP contribution >= 0.6 is 15.6 Å². The number of nitrogens with one attached hydrogen (secondary N) is 1. The van der Waals surface area contributed by atoms with Gasteiger partial charge in [-0.1, -0.05) is 0 Å². The van der Waals surface area contributed by atoms with Gasteiger partial charge in [0.15, 0.2) is 6.23 Å². The Morgan fingerprint density at radius 2 is 1.88 bits per heavy atom. The summed E-state index contributed by atoms with van der Waals surface area (Å²) in [4.78, 5) is 43.1. The number of phosphoric ester groups is 1. The van der Waals surface area contributed by atoms with Crippen LogP contribution in [0.5, 0.6) is 0 Å². The zero-order chi connectivity index (χ0) is 19.7. The maximum atomic E-state index is 11.7. The minimum Gasteiger partial charge on any atom is -0.387 e. The molecule has 0 radical (unpaired) electrons. The number of aromatic nitrogens is 2. The van der Waals surface area contributed by atoms with E-state index in [0.29, 0.717) is 0 Å². The van der Waals surface area contributed by atoms with Crippen LogP contribution in [0.15, 0.2) is 21.9 Å². The van der Waals surface area contributed by atoms with Crippen molar-refractivity contribution in [3.05, 3.63) is 33.1 Å². The molecule has 2 rings (SSSR count). The number of ether oxygens (including phenoxy) is 1. The largest absolute Gasteiger partial charge is 0.481 e. The number of aromatic amines is 1. The summed E-state index contributed by atoms with van der Waals surface area (Å²) in [6, 6.07) is 0.979. The maximum Gasteiger partial charge on any atom is 0.481 e. The summed E-state index contributed by atoms with van der Waals surface area (Å²) in [7, 11) is -9.13. The molecule has 26 heavy (non-hydrogen) atoms. The zero-order valence-electron chi connectivity index (χ0n) is 13.1. The molecule has 1 aliphatic rings. The van der Waals surface area contributed by atoms with E-state index in [-0.39, 0.29) is 0 Å². The predicted octanol–water partition coefficient (Wildman–Crippen LogP) is -3.05. The quantitative estimate of drug-likeness (QED) is 0.222. The number of phosphoric acid groups is 2. The Kier molecular flexibility index (Phi) is 6.41. The Labute approximate surface area is 145 Å². The van der Waals surface area contributed by atoms with Gasteiger partial charge in [0.05, 0.1) is 6.61 Å². The SMILES string of the molecule is BOP(=O)(O)OP(=O)(O)OC[C@H]1O[C@@H](n2ccc(=O)[nH]c2=O)[C@H](O)[C@@H]1O. The molecule has 6 atom stereocenters. The van der Waals surface area contributed by atoms with E-state index in [9.17, 15) is 33.8 Å². The molecule has 0 spiro atoms. The van der Waals surface area contributed by atoms with Gasteiger partial charge in [0, 0.05) is 12.3 Å². The summed E-state index contributed by atoms with van der Waals surface area (Å²) in [6.45, 7) is -0.843. The summed E-state index contributed by atoms with van der Waals surface area (Å²) in [5, 5.41) is 19.9. The van der Waals surface area contributed by atoms with Crippen LogP contribution in [0, 0.1) is 0 Å². The number of rotatable bonds is 7. The Bertz CT molecular complexity index is 856. The van der Waals surface area contributed by atoms with Gasteiger partial charge in [-0.3, -0.25) is 18.9 Å². The van der Waals surface area contributed by atoms with E-state index in [0.717, 1.165) is 24.9 Å². The van der Waals surface area contributed by atoms with Crippen LogP contribution in [0.1, 0.15) is 6.23 Å². The summed E-state index contributed by atoms with van der Waals surface area (Å²) in [5.41, 5.74) is -1.61. The molecule has 0 saturated carbocycles. The molecule has 2 unspecified atom stereocenters. The molecular formula is C9H15BN2O12P2. The van der Waals surface area contributed by atoms with Gasteiger partial charge < -0.3 is 29.2 Å². The van der Waals surface area contributed by atoms with E-state index in [2.05, 4.69) is 13.3 Å². The van der Waals surface area contributed by atoms with Gasteiger partial charge >= 0.3 is 21.3 Å². The molecule has 0 amide bonds. The molecular weight excluding hydrogens is 401 g/mol. The summed E-state index contributed by atoms with van der Waals surface area (Å²) in [5.74, 6) is 0. The number of hydrogen-bond donors (Lipinski definition) is 5. The minimum absolute atomic E-state index is 0.691. The van der Waals surface area contributed by atoms with Crippen LogP contribution in [0.4, 0.5) is 0 Å². The van der Waals surface area contributed by atoms with Gasteiger partial charge in [0.25, 0.3) is 13.6 Å². The van der Waals surface area contributed by atoms with Crippen molar-refractivity contribution < 1.29 is 47.1 Å². The van der Waals surface area contributed by atoms with Crippen LogP contribution in [0.2, 0.25) is 0 Å². The molecule has 0 aliphatic carbocycles. The van der Waals surface area contributed by atoms with Crippen molar-refractivity contribution in [1.29, 1.82) is 0 Å². The summed E-state index contributed by atoms with van der Waals surface area (Å²) < 4.78 is 41.0. The molecule has 5 N–H and O–H groups in total. The lowest BCUT2D eigenvalue weighted by Crippen LogP contribution is -2.37. The van der Waals surface area contributed by atoms with E-state index < -0.39 is 58.0 Å². The second-order valence-corrected chi connectivity index (χ2v) is 8.21. The van der Waals surface area contributed by atoms with E-state index >= 15 is 0 Å². The Hall–Kier alpha value is -1.12. The first-order valence-corrected chi connectivity index (χ1v) is 9.85. The fraction of sp³-hybridized carbons (Fsp3) is 0.556. The third-order valence-electron chi connectivity index (χ3n) is 3.30. The van der Waals surface area contributed by atoms with Gasteiger partial charge in [-0.2, -0.15) is 4.31 Å². The lowest BCUT2D eigenvalue weighted by atomic mass is 10.1. The fourth-order valence-corrected chi connectivity index (χ4v) is 3.91. The van der Waals surface area contributed by atoms with Gasteiger partial charge in [0.1, 0.15) is 18.3 Å². The predicted molar refractivity (Wildman–Crippen MR) is 83.6 cm³/mol. The highest BCUT2D eigenvalue weighted by Gasteiger charge is 2.45. The molecule has 1 aliphatic heterocycles. The molecule has 0 bridgehead atoms. The zero-order valence-corrected chi connectivity index (χ0v) is 14.9. The lowest BCUT2D eigenvalue weighted by molar-refractivity contribution is -0.0542.